The van der Waals surface area contributed by atoms with Gasteiger partial charge in [-0.25, -0.2) is 4.79 Å². The minimum atomic E-state index is -1.58. The molecule has 0 aliphatic heterocycles. The first kappa shape index (κ1) is 20.1. The van der Waals surface area contributed by atoms with Crippen LogP contribution in [0.3, 0.4) is 0 Å². The number of ether oxygens (including phenoxy) is 2. The summed E-state index contributed by atoms with van der Waals surface area (Å²) in [5.74, 6) is -0.819. The van der Waals surface area contributed by atoms with Crippen LogP contribution in [-0.2, 0) is 19.1 Å². The maximum Gasteiger partial charge on any atom is 0.339 e. The van der Waals surface area contributed by atoms with Crippen LogP contribution >= 0.6 is 0 Å². The van der Waals surface area contributed by atoms with Crippen molar-refractivity contribution in [1.29, 1.82) is 0 Å². The van der Waals surface area contributed by atoms with Crippen LogP contribution in [-0.4, -0.2) is 41.3 Å². The van der Waals surface area contributed by atoms with Crippen LogP contribution in [0.5, 0.6) is 0 Å². The predicted octanol–water partition coefficient (Wildman–Crippen LogP) is 3.59. The number of carbonyl (C=O) groups is 2. The molecule has 2 unspecified atom stereocenters. The smallest absolute Gasteiger partial charge is 0.339 e. The minimum Gasteiger partial charge on any atom is -0.479 e. The molecule has 0 amide bonds. The fourth-order valence-electron chi connectivity index (χ4n) is 3.18. The molecule has 1 rings (SSSR count). The zero-order chi connectivity index (χ0) is 17.5. The van der Waals surface area contributed by atoms with Gasteiger partial charge in [0.1, 0.15) is 0 Å². The molecule has 5 heteroatoms. The van der Waals surface area contributed by atoms with E-state index in [9.17, 15) is 14.7 Å². The molecule has 0 spiro atoms. The first-order valence-corrected chi connectivity index (χ1v) is 8.75. The van der Waals surface area contributed by atoms with Crippen molar-refractivity contribution in [2.24, 2.45) is 5.92 Å². The summed E-state index contributed by atoms with van der Waals surface area (Å²) < 4.78 is 11.6. The maximum absolute atomic E-state index is 12.1. The lowest BCUT2D eigenvalue weighted by molar-refractivity contribution is -0.206. The van der Waals surface area contributed by atoms with Gasteiger partial charge in [-0.3, -0.25) is 0 Å². The van der Waals surface area contributed by atoms with E-state index in [-0.39, 0.29) is 5.92 Å². The van der Waals surface area contributed by atoms with Gasteiger partial charge in [-0.1, -0.05) is 39.0 Å². The molecule has 0 radical (unpaired) electrons. The zero-order valence-electron chi connectivity index (χ0n) is 15.0. The summed E-state index contributed by atoms with van der Waals surface area (Å²) in [6, 6.07) is 0. The van der Waals surface area contributed by atoms with E-state index in [4.69, 9.17) is 9.47 Å². The summed E-state index contributed by atoms with van der Waals surface area (Å²) in [4.78, 5) is 23.8. The second kappa shape index (κ2) is 8.78. The fraction of sp³-hybridized carbons (Fsp3) is 0.889. The molecule has 0 aromatic carbocycles. The van der Waals surface area contributed by atoms with Crippen LogP contribution in [0.4, 0.5) is 0 Å². The summed E-state index contributed by atoms with van der Waals surface area (Å²) >= 11 is 0. The van der Waals surface area contributed by atoms with Crippen LogP contribution in [0, 0.1) is 5.92 Å². The summed E-state index contributed by atoms with van der Waals surface area (Å²) in [5, 5.41) is 9.92. The molecule has 1 fully saturated rings. The molecule has 1 aliphatic carbocycles. The van der Waals surface area contributed by atoms with Crippen LogP contribution in [0.25, 0.3) is 0 Å². The standard InChI is InChI=1S/C18H32O5/c1-5-6-11-22-18(16(20)21,12-14-9-7-8-10-14)15(13-19)23-17(2,3)4/h13-15H,5-12H2,1-4H3,(H,20,21). The minimum absolute atomic E-state index is 0.277. The number of hydrogen-bond donors (Lipinski definition) is 1. The van der Waals surface area contributed by atoms with Crippen molar-refractivity contribution in [3.8, 4) is 0 Å². The largest absolute Gasteiger partial charge is 0.479 e. The Balaban J connectivity index is 3.06. The summed E-state index contributed by atoms with van der Waals surface area (Å²) in [5.41, 5.74) is -2.20. The molecule has 0 aromatic heterocycles. The molecule has 1 aliphatic rings. The highest BCUT2D eigenvalue weighted by Crippen LogP contribution is 2.37. The summed E-state index contributed by atoms with van der Waals surface area (Å²) in [6.45, 7) is 7.80. The van der Waals surface area contributed by atoms with E-state index >= 15 is 0 Å². The Bertz CT molecular complexity index is 381. The van der Waals surface area contributed by atoms with E-state index in [0.717, 1.165) is 38.5 Å². The molecule has 2 atom stereocenters. The third kappa shape index (κ3) is 5.88. The van der Waals surface area contributed by atoms with Crippen molar-refractivity contribution in [2.45, 2.75) is 89.9 Å². The molecule has 0 saturated heterocycles. The lowest BCUT2D eigenvalue weighted by Gasteiger charge is -2.38. The average molecular weight is 328 g/mol. The summed E-state index contributed by atoms with van der Waals surface area (Å²) in [7, 11) is 0. The fourth-order valence-corrected chi connectivity index (χ4v) is 3.18. The average Bonchev–Trinajstić information content (AvgIpc) is 2.95. The second-order valence-corrected chi connectivity index (χ2v) is 7.54. The van der Waals surface area contributed by atoms with Crippen molar-refractivity contribution >= 4 is 12.3 Å². The SMILES string of the molecule is CCCCOC(CC1CCCC1)(C(=O)O)C(C=O)OC(C)(C)C. The van der Waals surface area contributed by atoms with Crippen molar-refractivity contribution < 1.29 is 24.2 Å². The van der Waals surface area contributed by atoms with E-state index in [1.165, 1.54) is 0 Å². The van der Waals surface area contributed by atoms with Crippen molar-refractivity contribution in [2.75, 3.05) is 6.61 Å². The van der Waals surface area contributed by atoms with E-state index in [0.29, 0.717) is 19.3 Å². The normalized spacial score (nSPS) is 20.2. The van der Waals surface area contributed by atoms with Gasteiger partial charge >= 0.3 is 5.97 Å². The van der Waals surface area contributed by atoms with Gasteiger partial charge in [0, 0.05) is 6.61 Å². The van der Waals surface area contributed by atoms with Crippen LogP contribution in [0.2, 0.25) is 0 Å². The van der Waals surface area contributed by atoms with Gasteiger partial charge < -0.3 is 19.4 Å². The molecule has 0 heterocycles. The first-order valence-electron chi connectivity index (χ1n) is 8.75. The van der Waals surface area contributed by atoms with E-state index in [2.05, 4.69) is 0 Å². The Morgan fingerprint density at radius 3 is 2.35 bits per heavy atom. The molecule has 134 valence electrons. The Hall–Kier alpha value is -0.940. The highest BCUT2D eigenvalue weighted by molar-refractivity contribution is 5.83. The van der Waals surface area contributed by atoms with Gasteiger partial charge in [0.25, 0.3) is 0 Å². The number of aldehydes is 1. The monoisotopic (exact) mass is 328 g/mol. The number of carbonyl (C=O) groups excluding carboxylic acids is 1. The number of carboxylic acids is 1. The Labute approximate surface area is 139 Å². The Morgan fingerprint density at radius 2 is 1.91 bits per heavy atom. The molecule has 23 heavy (non-hydrogen) atoms. The summed E-state index contributed by atoms with van der Waals surface area (Å²) in [6.07, 6.45) is 5.72. The Morgan fingerprint density at radius 1 is 1.30 bits per heavy atom. The van der Waals surface area contributed by atoms with Gasteiger partial charge in [0.05, 0.1) is 5.60 Å². The highest BCUT2D eigenvalue weighted by atomic mass is 16.6. The van der Waals surface area contributed by atoms with E-state index in [1.807, 2.05) is 27.7 Å². The van der Waals surface area contributed by atoms with E-state index < -0.39 is 23.3 Å². The maximum atomic E-state index is 12.1. The molecular formula is C18H32O5. The van der Waals surface area contributed by atoms with Gasteiger partial charge in [-0.15, -0.1) is 0 Å². The Kier molecular flexibility index (Phi) is 7.68. The molecule has 0 bridgehead atoms. The van der Waals surface area contributed by atoms with Crippen molar-refractivity contribution in [1.82, 2.24) is 0 Å². The predicted molar refractivity (Wildman–Crippen MR) is 88.5 cm³/mol. The van der Waals surface area contributed by atoms with Crippen molar-refractivity contribution in [3.05, 3.63) is 0 Å². The molecule has 5 nitrogen and oxygen atoms in total. The molecule has 1 saturated carbocycles. The number of aliphatic carboxylic acids is 1. The zero-order valence-corrected chi connectivity index (χ0v) is 15.0. The van der Waals surface area contributed by atoms with E-state index in [1.54, 1.807) is 0 Å². The number of hydrogen-bond acceptors (Lipinski definition) is 4. The first-order chi connectivity index (χ1) is 10.7. The number of carboxylic acid groups (broad SMARTS) is 1. The molecule has 0 aromatic rings. The topological polar surface area (TPSA) is 72.8 Å². The lowest BCUT2D eigenvalue weighted by atomic mass is 9.84. The van der Waals surface area contributed by atoms with Crippen LogP contribution < -0.4 is 0 Å². The quantitative estimate of drug-likeness (QED) is 0.490. The van der Waals surface area contributed by atoms with Crippen LogP contribution in [0.1, 0.15) is 72.6 Å². The van der Waals surface area contributed by atoms with Gasteiger partial charge in [0.2, 0.25) is 0 Å². The highest BCUT2D eigenvalue weighted by Gasteiger charge is 2.51. The second-order valence-electron chi connectivity index (χ2n) is 7.54. The van der Waals surface area contributed by atoms with Crippen molar-refractivity contribution in [3.63, 3.8) is 0 Å². The molecule has 1 N–H and O–H groups in total. The third-order valence-electron chi connectivity index (χ3n) is 4.35. The molecular weight excluding hydrogens is 296 g/mol. The lowest BCUT2D eigenvalue weighted by Crippen LogP contribution is -2.56. The number of unbranched alkanes of at least 4 members (excludes halogenated alkanes) is 1. The number of rotatable bonds is 10. The van der Waals surface area contributed by atoms with Gasteiger partial charge in [-0.05, 0) is 39.5 Å². The van der Waals surface area contributed by atoms with Crippen LogP contribution in [0.15, 0.2) is 0 Å². The van der Waals surface area contributed by atoms with Gasteiger partial charge in [-0.2, -0.15) is 0 Å². The van der Waals surface area contributed by atoms with Gasteiger partial charge in [0.15, 0.2) is 18.0 Å². The third-order valence-corrected chi connectivity index (χ3v) is 4.35.